The topological polar surface area (TPSA) is 98.0 Å². The number of carbonyl (C=O) groups excluding carboxylic acids is 2. The van der Waals surface area contributed by atoms with Crippen molar-refractivity contribution in [2.45, 2.75) is 19.8 Å². The van der Waals surface area contributed by atoms with Crippen LogP contribution in [0.5, 0.6) is 0 Å². The Balaban J connectivity index is 1.86. The third-order valence-electron chi connectivity index (χ3n) is 4.75. The summed E-state index contributed by atoms with van der Waals surface area (Å²) in [5.41, 5.74) is 9.62. The Bertz CT molecular complexity index is 1040. The van der Waals surface area contributed by atoms with Crippen LogP contribution >= 0.6 is 0 Å². The molecule has 1 aliphatic rings. The zero-order chi connectivity index (χ0) is 18.3. The second-order valence-electron chi connectivity index (χ2n) is 6.61. The summed E-state index contributed by atoms with van der Waals surface area (Å²) < 4.78 is 0. The maximum absolute atomic E-state index is 12.0. The lowest BCUT2D eigenvalue weighted by atomic mass is 9.94. The number of nitrogen functional groups attached to an aromatic ring is 1. The molecule has 3 aromatic rings. The van der Waals surface area contributed by atoms with Gasteiger partial charge in [0.05, 0.1) is 5.69 Å². The van der Waals surface area contributed by atoms with E-state index in [9.17, 15) is 9.59 Å². The molecule has 6 nitrogen and oxygen atoms in total. The molecule has 1 amide bonds. The summed E-state index contributed by atoms with van der Waals surface area (Å²) in [6, 6.07) is 5.57. The van der Waals surface area contributed by atoms with Crippen LogP contribution in [0.1, 0.15) is 28.8 Å². The van der Waals surface area contributed by atoms with Crippen molar-refractivity contribution in [3.63, 3.8) is 0 Å². The number of hydrogen-bond donors (Lipinski definition) is 2. The van der Waals surface area contributed by atoms with E-state index >= 15 is 0 Å². The second-order valence-corrected chi connectivity index (χ2v) is 6.61. The van der Waals surface area contributed by atoms with Crippen molar-refractivity contribution in [1.82, 2.24) is 9.97 Å². The number of rotatable bonds is 4. The Kier molecular flexibility index (Phi) is 3.88. The van der Waals surface area contributed by atoms with E-state index in [0.29, 0.717) is 22.5 Å². The molecule has 1 saturated carbocycles. The fraction of sp³-hybridized carbons (Fsp3) is 0.200. The predicted molar refractivity (Wildman–Crippen MR) is 101 cm³/mol. The number of nitrogens with two attached hydrogens (primary N) is 1. The molecule has 2 heterocycles. The Morgan fingerprint density at radius 1 is 1.27 bits per heavy atom. The third-order valence-corrected chi connectivity index (χ3v) is 4.75. The molecule has 0 spiro atoms. The minimum atomic E-state index is -0.00217. The van der Waals surface area contributed by atoms with Crippen LogP contribution in [-0.4, -0.2) is 22.2 Å². The molecule has 3 N–H and O–H groups in total. The number of aldehydes is 1. The highest BCUT2D eigenvalue weighted by atomic mass is 16.2. The van der Waals surface area contributed by atoms with Gasteiger partial charge in [-0.1, -0.05) is 0 Å². The molecule has 1 aromatic carbocycles. The number of aryl methyl sites for hydroxylation is 1. The average Bonchev–Trinajstić information content (AvgIpc) is 3.47. The lowest BCUT2D eigenvalue weighted by Crippen LogP contribution is -2.14. The molecule has 130 valence electrons. The van der Waals surface area contributed by atoms with Crippen LogP contribution in [0.3, 0.4) is 0 Å². The summed E-state index contributed by atoms with van der Waals surface area (Å²) in [6.07, 6.45) is 7.65. The molecular formula is C20H18N4O2. The Hall–Kier alpha value is -3.28. The molecule has 1 fully saturated rings. The van der Waals surface area contributed by atoms with Gasteiger partial charge in [0, 0.05) is 41.0 Å². The Morgan fingerprint density at radius 3 is 2.77 bits per heavy atom. The zero-order valence-electron chi connectivity index (χ0n) is 14.3. The maximum Gasteiger partial charge on any atom is 0.228 e. The Morgan fingerprint density at radius 2 is 2.08 bits per heavy atom. The van der Waals surface area contributed by atoms with Crippen molar-refractivity contribution in [3.05, 3.63) is 47.9 Å². The number of hydrogen-bond acceptors (Lipinski definition) is 5. The van der Waals surface area contributed by atoms with Crippen LogP contribution in [0.15, 0.2) is 36.8 Å². The minimum Gasteiger partial charge on any atom is -0.398 e. The van der Waals surface area contributed by atoms with E-state index in [2.05, 4.69) is 15.3 Å². The predicted octanol–water partition coefficient (Wildman–Crippen LogP) is 3.35. The first-order valence-electron chi connectivity index (χ1n) is 8.47. The van der Waals surface area contributed by atoms with Crippen LogP contribution in [0.2, 0.25) is 0 Å². The summed E-state index contributed by atoms with van der Waals surface area (Å²) in [5, 5.41) is 4.34. The van der Waals surface area contributed by atoms with Gasteiger partial charge < -0.3 is 11.1 Å². The van der Waals surface area contributed by atoms with Gasteiger partial charge in [-0.3, -0.25) is 14.6 Å². The van der Waals surface area contributed by atoms with Crippen molar-refractivity contribution in [3.8, 4) is 11.1 Å². The first kappa shape index (κ1) is 16.2. The number of aromatic nitrogens is 2. The van der Waals surface area contributed by atoms with E-state index in [0.717, 1.165) is 41.2 Å². The summed E-state index contributed by atoms with van der Waals surface area (Å²) in [4.78, 5) is 32.1. The first-order chi connectivity index (χ1) is 12.6. The fourth-order valence-electron chi connectivity index (χ4n) is 3.08. The summed E-state index contributed by atoms with van der Waals surface area (Å²) in [6.45, 7) is 1.96. The largest absolute Gasteiger partial charge is 0.398 e. The summed E-state index contributed by atoms with van der Waals surface area (Å²) >= 11 is 0. The van der Waals surface area contributed by atoms with Gasteiger partial charge in [0.1, 0.15) is 5.82 Å². The molecule has 6 heteroatoms. The highest BCUT2D eigenvalue weighted by molar-refractivity contribution is 6.08. The molecule has 0 aliphatic heterocycles. The lowest BCUT2D eigenvalue weighted by Gasteiger charge is -2.14. The number of nitrogens with zero attached hydrogens (tertiary/aromatic N) is 2. The lowest BCUT2D eigenvalue weighted by molar-refractivity contribution is -0.117. The van der Waals surface area contributed by atoms with Gasteiger partial charge in [-0.15, -0.1) is 0 Å². The van der Waals surface area contributed by atoms with Crippen molar-refractivity contribution in [2.24, 2.45) is 5.92 Å². The number of carbonyl (C=O) groups is 2. The van der Waals surface area contributed by atoms with Gasteiger partial charge in [-0.05, 0) is 54.5 Å². The first-order valence-corrected chi connectivity index (χ1v) is 8.47. The van der Waals surface area contributed by atoms with Gasteiger partial charge in [-0.2, -0.15) is 0 Å². The fourth-order valence-corrected chi connectivity index (χ4v) is 3.08. The SMILES string of the molecule is Cc1ccncc1-c1cc2cc(NC(=O)C3CC3)ncc2c(N)c1C=O. The van der Waals surface area contributed by atoms with Gasteiger partial charge in [-0.25, -0.2) is 4.98 Å². The number of pyridine rings is 2. The number of fused-ring (bicyclic) bond motifs is 1. The molecule has 1 aliphatic carbocycles. The van der Waals surface area contributed by atoms with Gasteiger partial charge in [0.2, 0.25) is 5.91 Å². The molecular weight excluding hydrogens is 328 g/mol. The molecule has 0 saturated heterocycles. The van der Waals surface area contributed by atoms with Gasteiger partial charge in [0.25, 0.3) is 0 Å². The third kappa shape index (κ3) is 2.79. The van der Waals surface area contributed by atoms with E-state index < -0.39 is 0 Å². The van der Waals surface area contributed by atoms with Crippen molar-refractivity contribution in [2.75, 3.05) is 11.1 Å². The molecule has 0 unspecified atom stereocenters. The number of nitrogens with one attached hydrogen (secondary N) is 1. The van der Waals surface area contributed by atoms with Gasteiger partial charge >= 0.3 is 0 Å². The van der Waals surface area contributed by atoms with E-state index in [4.69, 9.17) is 5.73 Å². The number of amides is 1. The Labute approximate surface area is 150 Å². The number of benzene rings is 1. The van der Waals surface area contributed by atoms with Crippen molar-refractivity contribution < 1.29 is 9.59 Å². The smallest absolute Gasteiger partial charge is 0.228 e. The molecule has 0 atom stereocenters. The van der Waals surface area contributed by atoms with Gasteiger partial charge in [0.15, 0.2) is 6.29 Å². The second kappa shape index (κ2) is 6.22. The van der Waals surface area contributed by atoms with Crippen LogP contribution < -0.4 is 11.1 Å². The van der Waals surface area contributed by atoms with Crippen LogP contribution in [0.4, 0.5) is 11.5 Å². The van der Waals surface area contributed by atoms with E-state index in [1.807, 2.05) is 19.1 Å². The number of anilines is 2. The maximum atomic E-state index is 12.0. The average molecular weight is 346 g/mol. The zero-order valence-corrected chi connectivity index (χ0v) is 14.3. The van der Waals surface area contributed by atoms with Crippen LogP contribution in [0.25, 0.3) is 21.9 Å². The monoisotopic (exact) mass is 346 g/mol. The normalized spacial score (nSPS) is 13.6. The van der Waals surface area contributed by atoms with Crippen molar-refractivity contribution in [1.29, 1.82) is 0 Å². The van der Waals surface area contributed by atoms with E-state index in [-0.39, 0.29) is 11.8 Å². The van der Waals surface area contributed by atoms with Crippen LogP contribution in [0, 0.1) is 12.8 Å². The standard InChI is InChI=1S/C20H18N4O2/c1-11-4-5-22-8-15(11)14-6-13-7-18(24-20(26)12-2-3-12)23-9-16(13)19(21)17(14)10-25/h4-10,12H,2-3,21H2,1H3,(H,23,24,26). The quantitative estimate of drug-likeness (QED) is 0.558. The molecule has 0 radical (unpaired) electrons. The van der Waals surface area contributed by atoms with E-state index in [1.54, 1.807) is 24.7 Å². The highest BCUT2D eigenvalue weighted by Crippen LogP contribution is 2.35. The summed E-state index contributed by atoms with van der Waals surface area (Å²) in [5.74, 6) is 0.586. The molecule has 2 aromatic heterocycles. The summed E-state index contributed by atoms with van der Waals surface area (Å²) in [7, 11) is 0. The molecule has 4 rings (SSSR count). The minimum absolute atomic E-state index is 0.00217. The van der Waals surface area contributed by atoms with Crippen LogP contribution in [-0.2, 0) is 4.79 Å². The highest BCUT2D eigenvalue weighted by Gasteiger charge is 2.29. The van der Waals surface area contributed by atoms with Crippen molar-refractivity contribution >= 4 is 34.5 Å². The molecule has 26 heavy (non-hydrogen) atoms. The molecule has 0 bridgehead atoms. The van der Waals surface area contributed by atoms with E-state index in [1.165, 1.54) is 0 Å².